The molecule has 1 aliphatic rings. The number of likely N-dealkylation sites (tertiary alicyclic amines) is 1. The van der Waals surface area contributed by atoms with Gasteiger partial charge >= 0.3 is 0 Å². The number of nitrogens with one attached hydrogen (secondary N) is 1. The van der Waals surface area contributed by atoms with Gasteiger partial charge in [-0.3, -0.25) is 4.79 Å². The summed E-state index contributed by atoms with van der Waals surface area (Å²) in [4.78, 5) is 14.6. The monoisotopic (exact) mass is 372 g/mol. The summed E-state index contributed by atoms with van der Waals surface area (Å²) in [5.41, 5.74) is 2.18. The lowest BCUT2D eigenvalue weighted by Crippen LogP contribution is -2.46. The van der Waals surface area contributed by atoms with E-state index in [1.165, 1.54) is 5.56 Å². The Morgan fingerprint density at radius 1 is 1.04 bits per heavy atom. The zero-order valence-electron chi connectivity index (χ0n) is 14.9. The van der Waals surface area contributed by atoms with Crippen molar-refractivity contribution >= 4 is 15.9 Å². The van der Waals surface area contributed by atoms with Crippen molar-refractivity contribution < 1.29 is 13.2 Å². The molecule has 1 amide bonds. The maximum absolute atomic E-state index is 12.5. The van der Waals surface area contributed by atoms with Crippen molar-refractivity contribution in [3.05, 3.63) is 65.7 Å². The first kappa shape index (κ1) is 18.6. The van der Waals surface area contributed by atoms with Gasteiger partial charge in [0.15, 0.2) is 0 Å². The van der Waals surface area contributed by atoms with Crippen LogP contribution in [0.3, 0.4) is 0 Å². The molecule has 1 aliphatic heterocycles. The topological polar surface area (TPSA) is 66.5 Å². The Morgan fingerprint density at radius 3 is 2.27 bits per heavy atom. The van der Waals surface area contributed by atoms with Crippen LogP contribution in [0.5, 0.6) is 0 Å². The van der Waals surface area contributed by atoms with Gasteiger partial charge in [-0.1, -0.05) is 48.0 Å². The minimum Gasteiger partial charge on any atom is -0.342 e. The second kappa shape index (κ2) is 8.01. The number of aryl methyl sites for hydroxylation is 1. The molecule has 0 atom stereocenters. The molecule has 1 fully saturated rings. The third-order valence-electron chi connectivity index (χ3n) is 4.70. The molecule has 0 unspecified atom stereocenters. The van der Waals surface area contributed by atoms with Crippen LogP contribution < -0.4 is 4.72 Å². The van der Waals surface area contributed by atoms with Crippen LogP contribution in [-0.2, 0) is 21.2 Å². The lowest BCUT2D eigenvalue weighted by atomic mass is 10.0. The zero-order chi connectivity index (χ0) is 18.6. The average Bonchev–Trinajstić information content (AvgIpc) is 2.64. The van der Waals surface area contributed by atoms with E-state index in [4.69, 9.17) is 0 Å². The predicted molar refractivity (Wildman–Crippen MR) is 101 cm³/mol. The van der Waals surface area contributed by atoms with Gasteiger partial charge in [-0.2, -0.15) is 0 Å². The molecule has 138 valence electrons. The molecule has 0 saturated carbocycles. The van der Waals surface area contributed by atoms with Gasteiger partial charge in [0.2, 0.25) is 15.9 Å². The summed E-state index contributed by atoms with van der Waals surface area (Å²) in [5.74, 6) is 0.0956. The molecule has 0 radical (unpaired) electrons. The zero-order valence-corrected chi connectivity index (χ0v) is 15.7. The summed E-state index contributed by atoms with van der Waals surface area (Å²) < 4.78 is 27.5. The van der Waals surface area contributed by atoms with E-state index >= 15 is 0 Å². The molecular formula is C20H24N2O3S. The van der Waals surface area contributed by atoms with Crippen LogP contribution in [0, 0.1) is 6.92 Å². The normalized spacial score (nSPS) is 15.8. The highest BCUT2D eigenvalue weighted by Crippen LogP contribution is 2.16. The van der Waals surface area contributed by atoms with E-state index in [0.29, 0.717) is 32.4 Å². The lowest BCUT2D eigenvalue weighted by molar-refractivity contribution is -0.131. The maximum atomic E-state index is 12.5. The number of carbonyl (C=O) groups excluding carboxylic acids is 1. The van der Waals surface area contributed by atoms with Crippen molar-refractivity contribution in [1.82, 2.24) is 9.62 Å². The molecule has 6 heteroatoms. The number of sulfonamides is 1. The molecule has 0 spiro atoms. The molecule has 5 nitrogen and oxygen atoms in total. The first-order valence-electron chi connectivity index (χ1n) is 8.85. The molecule has 2 aromatic rings. The summed E-state index contributed by atoms with van der Waals surface area (Å²) >= 11 is 0. The van der Waals surface area contributed by atoms with Gasteiger partial charge in [0.25, 0.3) is 0 Å². The molecule has 1 heterocycles. The largest absolute Gasteiger partial charge is 0.342 e. The van der Waals surface area contributed by atoms with Crippen LogP contribution in [-0.4, -0.2) is 38.4 Å². The fraction of sp³-hybridized carbons (Fsp3) is 0.350. The molecule has 0 aromatic heterocycles. The highest BCUT2D eigenvalue weighted by atomic mass is 32.2. The Labute approximate surface area is 155 Å². The summed E-state index contributed by atoms with van der Waals surface area (Å²) in [5, 5.41) is 0. The van der Waals surface area contributed by atoms with Crippen LogP contribution in [0.1, 0.15) is 24.0 Å². The van der Waals surface area contributed by atoms with Crippen molar-refractivity contribution in [3.63, 3.8) is 0 Å². The summed E-state index contributed by atoms with van der Waals surface area (Å²) in [6.07, 6.45) is 1.65. The maximum Gasteiger partial charge on any atom is 0.240 e. The smallest absolute Gasteiger partial charge is 0.240 e. The standard InChI is InChI=1S/C20H24N2O3S/c1-16-7-9-17(10-8-16)15-20(23)22-13-11-18(12-14-22)21-26(24,25)19-5-3-2-4-6-19/h2-10,18,21H,11-15H2,1H3. The third-order valence-corrected chi connectivity index (χ3v) is 6.24. The summed E-state index contributed by atoms with van der Waals surface area (Å²) in [7, 11) is -3.50. The number of benzene rings is 2. The summed E-state index contributed by atoms with van der Waals surface area (Å²) in [6.45, 7) is 3.17. The number of nitrogens with zero attached hydrogens (tertiary/aromatic N) is 1. The Morgan fingerprint density at radius 2 is 1.65 bits per heavy atom. The lowest BCUT2D eigenvalue weighted by Gasteiger charge is -2.32. The van der Waals surface area contributed by atoms with Gasteiger partial charge in [0.1, 0.15) is 0 Å². The highest BCUT2D eigenvalue weighted by Gasteiger charge is 2.26. The minimum atomic E-state index is -3.50. The van der Waals surface area contributed by atoms with Gasteiger partial charge in [-0.05, 0) is 37.5 Å². The quantitative estimate of drug-likeness (QED) is 0.877. The van der Waals surface area contributed by atoms with E-state index in [0.717, 1.165) is 5.56 Å². The van der Waals surface area contributed by atoms with E-state index in [2.05, 4.69) is 4.72 Å². The van der Waals surface area contributed by atoms with Crippen molar-refractivity contribution in [3.8, 4) is 0 Å². The van der Waals surface area contributed by atoms with Crippen LogP contribution in [0.25, 0.3) is 0 Å². The molecule has 0 bridgehead atoms. The number of hydrogen-bond acceptors (Lipinski definition) is 3. The molecule has 3 rings (SSSR count). The second-order valence-corrected chi connectivity index (χ2v) is 8.47. The van der Waals surface area contributed by atoms with Crippen molar-refractivity contribution in [1.29, 1.82) is 0 Å². The fourth-order valence-electron chi connectivity index (χ4n) is 3.13. The highest BCUT2D eigenvalue weighted by molar-refractivity contribution is 7.89. The number of amides is 1. The first-order valence-corrected chi connectivity index (χ1v) is 10.3. The van der Waals surface area contributed by atoms with Gasteiger partial charge in [0, 0.05) is 19.1 Å². The number of piperidine rings is 1. The number of carbonyl (C=O) groups is 1. The first-order chi connectivity index (χ1) is 12.4. The van der Waals surface area contributed by atoms with Gasteiger partial charge in [-0.25, -0.2) is 13.1 Å². The molecule has 1 N–H and O–H groups in total. The molecule has 26 heavy (non-hydrogen) atoms. The second-order valence-electron chi connectivity index (χ2n) is 6.75. The van der Waals surface area contributed by atoms with E-state index in [1.54, 1.807) is 30.3 Å². The van der Waals surface area contributed by atoms with Gasteiger partial charge < -0.3 is 4.90 Å². The molecule has 0 aliphatic carbocycles. The Kier molecular flexibility index (Phi) is 5.74. The van der Waals surface area contributed by atoms with E-state index < -0.39 is 10.0 Å². The Balaban J connectivity index is 1.52. The number of rotatable bonds is 5. The van der Waals surface area contributed by atoms with E-state index in [-0.39, 0.29) is 16.8 Å². The fourth-order valence-corrected chi connectivity index (χ4v) is 4.45. The van der Waals surface area contributed by atoms with Crippen molar-refractivity contribution in [2.45, 2.75) is 37.1 Å². The van der Waals surface area contributed by atoms with E-state index in [9.17, 15) is 13.2 Å². The van der Waals surface area contributed by atoms with Crippen LogP contribution >= 0.6 is 0 Å². The molecule has 1 saturated heterocycles. The van der Waals surface area contributed by atoms with Crippen LogP contribution in [0.15, 0.2) is 59.5 Å². The SMILES string of the molecule is Cc1ccc(CC(=O)N2CCC(NS(=O)(=O)c3ccccc3)CC2)cc1. The molecular weight excluding hydrogens is 348 g/mol. The van der Waals surface area contributed by atoms with Gasteiger partial charge in [-0.15, -0.1) is 0 Å². The third kappa shape index (κ3) is 4.71. The Bertz CT molecular complexity index is 840. The number of hydrogen-bond donors (Lipinski definition) is 1. The van der Waals surface area contributed by atoms with Crippen molar-refractivity contribution in [2.24, 2.45) is 0 Å². The minimum absolute atomic E-state index is 0.0956. The van der Waals surface area contributed by atoms with Crippen LogP contribution in [0.4, 0.5) is 0 Å². The van der Waals surface area contributed by atoms with Crippen molar-refractivity contribution in [2.75, 3.05) is 13.1 Å². The Hall–Kier alpha value is -2.18. The predicted octanol–water partition coefficient (Wildman–Crippen LogP) is 2.51. The molecule has 2 aromatic carbocycles. The summed E-state index contributed by atoms with van der Waals surface area (Å²) in [6, 6.07) is 16.2. The van der Waals surface area contributed by atoms with Gasteiger partial charge in [0.05, 0.1) is 11.3 Å². The van der Waals surface area contributed by atoms with Crippen LogP contribution in [0.2, 0.25) is 0 Å². The van der Waals surface area contributed by atoms with E-state index in [1.807, 2.05) is 36.1 Å². The average molecular weight is 372 g/mol.